The molecule has 0 spiro atoms. The van der Waals surface area contributed by atoms with Crippen LogP contribution in [0.3, 0.4) is 0 Å². The Balaban J connectivity index is 1.47. The zero-order valence-corrected chi connectivity index (χ0v) is 17.9. The van der Waals surface area contributed by atoms with Crippen molar-refractivity contribution in [2.75, 3.05) is 6.79 Å². The Labute approximate surface area is 189 Å². The fraction of sp³-hybridized carbons (Fsp3) is 0.154. The third-order valence-electron chi connectivity index (χ3n) is 5.88. The normalized spacial score (nSPS) is 18.8. The summed E-state index contributed by atoms with van der Waals surface area (Å²) in [7, 11) is 0. The lowest BCUT2D eigenvalue weighted by atomic mass is 9.80. The molecule has 6 heteroatoms. The zero-order chi connectivity index (χ0) is 21.5. The number of hydrogen-bond donors (Lipinski definition) is 0. The number of carbonyl (C=O) groups excluding carboxylic acids is 1. The van der Waals surface area contributed by atoms with Crippen LogP contribution < -0.4 is 14.2 Å². The SMILES string of the molecule is O=C1Oc2nc(-c3ccccc3)sc2[C@H](c2ccc3c(c2)OCO3)[C@@H]1Cc1ccccc1. The van der Waals surface area contributed by atoms with Crippen molar-refractivity contribution in [2.24, 2.45) is 5.92 Å². The number of carbonyl (C=O) groups is 1. The van der Waals surface area contributed by atoms with E-state index in [9.17, 15) is 4.79 Å². The van der Waals surface area contributed by atoms with Crippen molar-refractivity contribution in [3.05, 3.63) is 94.9 Å². The van der Waals surface area contributed by atoms with Crippen LogP contribution >= 0.6 is 11.3 Å². The third kappa shape index (κ3) is 3.33. The Bertz CT molecular complexity index is 1290. The topological polar surface area (TPSA) is 57.7 Å². The molecule has 0 saturated carbocycles. The van der Waals surface area contributed by atoms with E-state index in [-0.39, 0.29) is 24.6 Å². The second-order valence-corrected chi connectivity index (χ2v) is 8.89. The van der Waals surface area contributed by atoms with E-state index in [2.05, 4.69) is 4.98 Å². The Morgan fingerprint density at radius 3 is 2.47 bits per heavy atom. The van der Waals surface area contributed by atoms with Crippen LogP contribution in [0, 0.1) is 5.92 Å². The smallest absolute Gasteiger partial charge is 0.317 e. The van der Waals surface area contributed by atoms with Crippen molar-refractivity contribution in [2.45, 2.75) is 12.3 Å². The van der Waals surface area contributed by atoms with Gasteiger partial charge in [-0.3, -0.25) is 4.79 Å². The predicted octanol–water partition coefficient (Wildman–Crippen LogP) is 5.45. The number of hydrogen-bond acceptors (Lipinski definition) is 6. The minimum absolute atomic E-state index is 0.184. The number of benzene rings is 3. The Morgan fingerprint density at radius 1 is 0.906 bits per heavy atom. The molecule has 0 N–H and O–H groups in total. The minimum Gasteiger partial charge on any atom is -0.454 e. The molecule has 3 aromatic carbocycles. The van der Waals surface area contributed by atoms with Gasteiger partial charge in [0, 0.05) is 11.5 Å². The summed E-state index contributed by atoms with van der Waals surface area (Å²) in [6.45, 7) is 0.211. The second kappa shape index (κ2) is 7.80. The average Bonchev–Trinajstić information content (AvgIpc) is 3.47. The Morgan fingerprint density at radius 2 is 1.66 bits per heavy atom. The monoisotopic (exact) mass is 441 g/mol. The highest BCUT2D eigenvalue weighted by molar-refractivity contribution is 7.15. The van der Waals surface area contributed by atoms with Crippen LogP contribution in [0.4, 0.5) is 0 Å². The molecule has 0 fully saturated rings. The van der Waals surface area contributed by atoms with E-state index in [1.54, 1.807) is 11.3 Å². The maximum Gasteiger partial charge on any atom is 0.317 e. The average molecular weight is 442 g/mol. The number of fused-ring (bicyclic) bond motifs is 2. The van der Waals surface area contributed by atoms with Gasteiger partial charge in [-0.25, -0.2) is 4.98 Å². The lowest BCUT2D eigenvalue weighted by molar-refractivity contribution is -0.141. The number of esters is 1. The summed E-state index contributed by atoms with van der Waals surface area (Å²) >= 11 is 1.58. The van der Waals surface area contributed by atoms with Gasteiger partial charge in [0.15, 0.2) is 11.5 Å². The maximum atomic E-state index is 13.2. The second-order valence-electron chi connectivity index (χ2n) is 7.86. The number of ether oxygens (including phenoxy) is 3. The summed E-state index contributed by atoms with van der Waals surface area (Å²) in [5.41, 5.74) is 3.10. The molecular formula is C26H19NO4S. The summed E-state index contributed by atoms with van der Waals surface area (Å²) in [6, 6.07) is 25.9. The van der Waals surface area contributed by atoms with E-state index in [1.807, 2.05) is 78.9 Å². The molecule has 0 bridgehead atoms. The Hall–Kier alpha value is -3.64. The summed E-state index contributed by atoms with van der Waals surface area (Å²) < 4.78 is 16.9. The molecule has 2 aliphatic rings. The van der Waals surface area contributed by atoms with Gasteiger partial charge in [0.05, 0.1) is 10.8 Å². The quantitative estimate of drug-likeness (QED) is 0.394. The largest absolute Gasteiger partial charge is 0.454 e. The molecule has 158 valence electrons. The van der Waals surface area contributed by atoms with Crippen LogP contribution in [0.25, 0.3) is 10.6 Å². The Kier molecular flexibility index (Phi) is 4.65. The van der Waals surface area contributed by atoms with Gasteiger partial charge in [-0.1, -0.05) is 66.7 Å². The van der Waals surface area contributed by atoms with E-state index in [4.69, 9.17) is 14.2 Å². The lowest BCUT2D eigenvalue weighted by Crippen LogP contribution is -2.33. The van der Waals surface area contributed by atoms with E-state index < -0.39 is 0 Å². The van der Waals surface area contributed by atoms with Gasteiger partial charge < -0.3 is 14.2 Å². The number of nitrogens with zero attached hydrogens (tertiary/aromatic N) is 1. The lowest BCUT2D eigenvalue weighted by Gasteiger charge is -2.29. The van der Waals surface area contributed by atoms with Gasteiger partial charge >= 0.3 is 5.97 Å². The third-order valence-corrected chi connectivity index (χ3v) is 7.05. The first-order valence-corrected chi connectivity index (χ1v) is 11.3. The van der Waals surface area contributed by atoms with E-state index in [1.165, 1.54) is 0 Å². The molecule has 2 atom stereocenters. The van der Waals surface area contributed by atoms with Gasteiger partial charge in [-0.2, -0.15) is 0 Å². The van der Waals surface area contributed by atoms with Crippen molar-refractivity contribution in [3.63, 3.8) is 0 Å². The molecule has 2 aliphatic heterocycles. The van der Waals surface area contributed by atoms with Crippen LogP contribution in [-0.2, 0) is 11.2 Å². The number of thiazole rings is 1. The highest BCUT2D eigenvalue weighted by Crippen LogP contribution is 2.49. The molecule has 5 nitrogen and oxygen atoms in total. The van der Waals surface area contributed by atoms with E-state index in [0.29, 0.717) is 18.1 Å². The van der Waals surface area contributed by atoms with Crippen LogP contribution in [0.2, 0.25) is 0 Å². The molecule has 0 radical (unpaired) electrons. The van der Waals surface area contributed by atoms with Crippen molar-refractivity contribution >= 4 is 17.3 Å². The standard InChI is InChI=1S/C26H19NO4S/c28-26-19(13-16-7-3-1-4-8-16)22(18-11-12-20-21(14-18)30-15-29-20)23-24(31-26)27-25(32-23)17-9-5-2-6-10-17/h1-12,14,19,22H,13,15H2/t19-,22+/m0/s1. The summed E-state index contributed by atoms with van der Waals surface area (Å²) in [5, 5.41) is 0.842. The van der Waals surface area contributed by atoms with Gasteiger partial charge in [-0.05, 0) is 29.7 Å². The fourth-order valence-corrected chi connectivity index (χ4v) is 5.53. The fourth-order valence-electron chi connectivity index (χ4n) is 4.34. The van der Waals surface area contributed by atoms with Gasteiger partial charge in [0.2, 0.25) is 12.7 Å². The van der Waals surface area contributed by atoms with Crippen LogP contribution in [0.1, 0.15) is 21.9 Å². The molecule has 6 rings (SSSR count). The first-order valence-electron chi connectivity index (χ1n) is 10.5. The molecule has 0 aliphatic carbocycles. The first-order chi connectivity index (χ1) is 15.8. The molecule has 1 aromatic heterocycles. The van der Waals surface area contributed by atoms with Crippen molar-refractivity contribution in [1.82, 2.24) is 4.98 Å². The minimum atomic E-state index is -0.366. The highest BCUT2D eigenvalue weighted by Gasteiger charge is 2.42. The molecule has 0 unspecified atom stereocenters. The van der Waals surface area contributed by atoms with Crippen molar-refractivity contribution < 1.29 is 19.0 Å². The summed E-state index contributed by atoms with van der Waals surface area (Å²) in [6.07, 6.45) is 0.580. The van der Waals surface area contributed by atoms with Crippen LogP contribution in [-0.4, -0.2) is 17.7 Å². The molecule has 4 aromatic rings. The molecular weight excluding hydrogens is 422 g/mol. The van der Waals surface area contributed by atoms with Crippen molar-refractivity contribution in [1.29, 1.82) is 0 Å². The van der Waals surface area contributed by atoms with Crippen LogP contribution in [0.5, 0.6) is 17.4 Å². The van der Waals surface area contributed by atoms with Gasteiger partial charge in [-0.15, -0.1) is 11.3 Å². The van der Waals surface area contributed by atoms with Crippen molar-refractivity contribution in [3.8, 4) is 28.0 Å². The molecule has 0 amide bonds. The summed E-state index contributed by atoms with van der Waals surface area (Å²) in [5.74, 6) is 1.03. The van der Waals surface area contributed by atoms with Gasteiger partial charge in [0.25, 0.3) is 0 Å². The van der Waals surface area contributed by atoms with Crippen LogP contribution in [0.15, 0.2) is 78.9 Å². The van der Waals surface area contributed by atoms with E-state index in [0.717, 1.165) is 32.3 Å². The predicted molar refractivity (Wildman–Crippen MR) is 121 cm³/mol. The zero-order valence-electron chi connectivity index (χ0n) is 17.1. The first kappa shape index (κ1) is 19.1. The number of rotatable bonds is 4. The van der Waals surface area contributed by atoms with E-state index >= 15 is 0 Å². The number of aromatic nitrogens is 1. The molecule has 32 heavy (non-hydrogen) atoms. The molecule has 0 saturated heterocycles. The highest BCUT2D eigenvalue weighted by atomic mass is 32.1. The van der Waals surface area contributed by atoms with Gasteiger partial charge in [0.1, 0.15) is 5.01 Å². The summed E-state index contributed by atoms with van der Waals surface area (Å²) in [4.78, 5) is 18.9. The maximum absolute atomic E-state index is 13.2. The molecule has 3 heterocycles.